The Morgan fingerprint density at radius 3 is 2.92 bits per heavy atom. The molecular weight excluding hydrogens is 201 g/mol. The average molecular weight is 210 g/mol. The second-order valence-electron chi connectivity index (χ2n) is 2.23. The first-order valence-corrected chi connectivity index (χ1v) is 3.16. The summed E-state index contributed by atoms with van der Waals surface area (Å²) in [5, 5.41) is 8.42. The largest absolute Gasteiger partial charge is 2.00 e. The van der Waals surface area contributed by atoms with Crippen LogP contribution in [-0.4, -0.2) is 27.1 Å². The van der Waals surface area contributed by atoms with Gasteiger partial charge < -0.3 is 15.8 Å². The van der Waals surface area contributed by atoms with Crippen molar-refractivity contribution in [3.8, 4) is 0 Å². The van der Waals surface area contributed by atoms with Crippen LogP contribution in [-0.2, 0) is 28.3 Å². The Morgan fingerprint density at radius 1 is 1.83 bits per heavy atom. The summed E-state index contributed by atoms with van der Waals surface area (Å²) in [5.74, 6) is -1.00. The Bertz CT molecular complexity index is 237. The minimum atomic E-state index is -1.00. The first-order valence-electron chi connectivity index (χ1n) is 3.16. The number of imidazole rings is 1. The van der Waals surface area contributed by atoms with Gasteiger partial charge in [-0.15, -0.1) is 0 Å². The molecule has 0 saturated carbocycles. The average Bonchev–Trinajstić information content (AvgIpc) is 2.39. The number of carboxylic acid groups (broad SMARTS) is 1. The zero-order valence-electron chi connectivity index (χ0n) is 6.20. The summed E-state index contributed by atoms with van der Waals surface area (Å²) in [6, 6.07) is -0.851. The van der Waals surface area contributed by atoms with E-state index in [0.717, 1.165) is 5.69 Å². The van der Waals surface area contributed by atoms with Gasteiger partial charge in [0, 0.05) is 18.3 Å². The van der Waals surface area contributed by atoms with E-state index in [-0.39, 0.29) is 23.5 Å². The number of carbonyl (C=O) groups is 1. The summed E-state index contributed by atoms with van der Waals surface area (Å²) >= 11 is 0. The molecule has 1 atom stereocenters. The smallest absolute Gasteiger partial charge is 0.480 e. The number of nitrogens with zero attached hydrogens (tertiary/aromatic N) is 1. The number of hydrogen-bond acceptors (Lipinski definition) is 3. The number of aromatic amines is 1. The van der Waals surface area contributed by atoms with Crippen molar-refractivity contribution >= 4 is 5.97 Å². The molecule has 0 fully saturated rings. The molecule has 0 aromatic carbocycles. The minimum Gasteiger partial charge on any atom is -0.480 e. The Labute approximate surface area is 79.8 Å². The van der Waals surface area contributed by atoms with E-state index in [0.29, 0.717) is 0 Å². The van der Waals surface area contributed by atoms with E-state index < -0.39 is 12.0 Å². The standard InChI is InChI=1S/C6H9N3O2.Mn/c7-5(6(10)11)1-4-2-8-3-9-4;/h2-3,5H,1,7H2,(H,8,9)(H,10,11);/q;+2. The van der Waals surface area contributed by atoms with Gasteiger partial charge in [-0.25, -0.2) is 4.98 Å². The molecule has 1 radical (unpaired) electrons. The van der Waals surface area contributed by atoms with Gasteiger partial charge in [0.25, 0.3) is 0 Å². The molecule has 65 valence electrons. The zero-order chi connectivity index (χ0) is 8.27. The number of H-pyrrole nitrogens is 1. The van der Waals surface area contributed by atoms with Crippen LogP contribution in [0.1, 0.15) is 5.69 Å². The molecule has 0 spiro atoms. The fourth-order valence-electron chi connectivity index (χ4n) is 0.721. The molecule has 0 aliphatic carbocycles. The number of hydrogen-bond donors (Lipinski definition) is 3. The second-order valence-corrected chi connectivity index (χ2v) is 2.23. The number of aromatic nitrogens is 2. The van der Waals surface area contributed by atoms with Crippen molar-refractivity contribution in [3.63, 3.8) is 0 Å². The molecule has 6 heteroatoms. The molecule has 0 saturated heterocycles. The van der Waals surface area contributed by atoms with E-state index in [9.17, 15) is 4.79 Å². The maximum absolute atomic E-state index is 10.3. The van der Waals surface area contributed by atoms with Crippen LogP contribution in [0.15, 0.2) is 12.5 Å². The van der Waals surface area contributed by atoms with Gasteiger partial charge in [-0.3, -0.25) is 4.79 Å². The molecule has 0 amide bonds. The molecule has 0 aliphatic rings. The maximum Gasteiger partial charge on any atom is 2.00 e. The zero-order valence-corrected chi connectivity index (χ0v) is 7.38. The van der Waals surface area contributed by atoms with Crippen molar-refractivity contribution in [2.24, 2.45) is 5.73 Å². The number of carboxylic acids is 1. The van der Waals surface area contributed by atoms with Crippen molar-refractivity contribution in [2.45, 2.75) is 12.5 Å². The Kier molecular flexibility index (Phi) is 4.58. The SMILES string of the molecule is NC(Cc1cnc[nH]1)C(=O)O.[Mn+2]. The van der Waals surface area contributed by atoms with Crippen molar-refractivity contribution in [2.75, 3.05) is 0 Å². The first-order chi connectivity index (χ1) is 5.20. The van der Waals surface area contributed by atoms with Crippen LogP contribution in [0.3, 0.4) is 0 Å². The van der Waals surface area contributed by atoms with Gasteiger partial charge in [0.2, 0.25) is 0 Å². The number of rotatable bonds is 3. The van der Waals surface area contributed by atoms with Crippen molar-refractivity contribution in [1.29, 1.82) is 0 Å². The van der Waals surface area contributed by atoms with Crippen LogP contribution in [0.4, 0.5) is 0 Å². The van der Waals surface area contributed by atoms with Crippen LogP contribution in [0, 0.1) is 0 Å². The molecule has 1 aromatic heterocycles. The number of nitrogens with one attached hydrogen (secondary N) is 1. The minimum absolute atomic E-state index is 0. The van der Waals surface area contributed by atoms with Gasteiger partial charge in [0.15, 0.2) is 0 Å². The summed E-state index contributed by atoms with van der Waals surface area (Å²) in [6.45, 7) is 0. The van der Waals surface area contributed by atoms with Gasteiger partial charge in [-0.05, 0) is 0 Å². The van der Waals surface area contributed by atoms with E-state index in [4.69, 9.17) is 10.8 Å². The van der Waals surface area contributed by atoms with Gasteiger partial charge >= 0.3 is 23.0 Å². The van der Waals surface area contributed by atoms with Gasteiger partial charge in [-0.2, -0.15) is 0 Å². The predicted octanol–water partition coefficient (Wildman–Crippen LogP) is -0.638. The Hall–Kier alpha value is -0.841. The van der Waals surface area contributed by atoms with Crippen LogP contribution in [0.2, 0.25) is 0 Å². The van der Waals surface area contributed by atoms with E-state index >= 15 is 0 Å². The van der Waals surface area contributed by atoms with E-state index in [2.05, 4.69) is 9.97 Å². The van der Waals surface area contributed by atoms with Crippen molar-refractivity contribution in [3.05, 3.63) is 18.2 Å². The molecular formula is C6H9MnN3O2+2. The fourth-order valence-corrected chi connectivity index (χ4v) is 0.721. The molecule has 4 N–H and O–H groups in total. The molecule has 0 bridgehead atoms. The van der Waals surface area contributed by atoms with E-state index in [1.54, 1.807) is 6.20 Å². The summed E-state index contributed by atoms with van der Waals surface area (Å²) in [6.07, 6.45) is 3.34. The van der Waals surface area contributed by atoms with Gasteiger partial charge in [0.05, 0.1) is 6.33 Å². The summed E-state index contributed by atoms with van der Waals surface area (Å²) < 4.78 is 0. The Balaban J connectivity index is 0.00000121. The molecule has 1 heterocycles. The molecule has 0 aliphatic heterocycles. The molecule has 1 unspecified atom stereocenters. The van der Waals surface area contributed by atoms with E-state index in [1.165, 1.54) is 6.33 Å². The fraction of sp³-hybridized carbons (Fsp3) is 0.333. The summed E-state index contributed by atoms with van der Waals surface area (Å²) in [4.78, 5) is 16.8. The van der Waals surface area contributed by atoms with Crippen LogP contribution in [0.25, 0.3) is 0 Å². The summed E-state index contributed by atoms with van der Waals surface area (Å²) in [5.41, 5.74) is 6.00. The predicted molar refractivity (Wildman–Crippen MR) is 37.9 cm³/mol. The number of nitrogens with two attached hydrogens (primary N) is 1. The van der Waals surface area contributed by atoms with Crippen LogP contribution in [0.5, 0.6) is 0 Å². The third-order valence-electron chi connectivity index (χ3n) is 1.31. The molecule has 5 nitrogen and oxygen atoms in total. The molecule has 12 heavy (non-hydrogen) atoms. The Morgan fingerprint density at radius 2 is 2.50 bits per heavy atom. The molecule has 1 aromatic rings. The second kappa shape index (κ2) is 4.92. The monoisotopic (exact) mass is 210 g/mol. The van der Waals surface area contributed by atoms with Crippen LogP contribution < -0.4 is 5.73 Å². The topological polar surface area (TPSA) is 92.0 Å². The third-order valence-corrected chi connectivity index (χ3v) is 1.31. The van der Waals surface area contributed by atoms with Crippen LogP contribution >= 0.6 is 0 Å². The molecule has 1 rings (SSSR count). The summed E-state index contributed by atoms with van der Waals surface area (Å²) in [7, 11) is 0. The first kappa shape index (κ1) is 11.2. The van der Waals surface area contributed by atoms with Gasteiger partial charge in [0.1, 0.15) is 6.04 Å². The quantitative estimate of drug-likeness (QED) is 0.578. The third kappa shape index (κ3) is 3.04. The normalized spacial score (nSPS) is 11.8. The van der Waals surface area contributed by atoms with Gasteiger partial charge in [-0.1, -0.05) is 0 Å². The maximum atomic E-state index is 10.3. The van der Waals surface area contributed by atoms with Crippen molar-refractivity contribution < 1.29 is 27.0 Å². The number of aliphatic carboxylic acids is 1. The van der Waals surface area contributed by atoms with Crippen molar-refractivity contribution in [1.82, 2.24) is 9.97 Å². The van der Waals surface area contributed by atoms with E-state index in [1.807, 2.05) is 0 Å².